The number of alkyl halides is 1. The first-order valence-corrected chi connectivity index (χ1v) is 8.96. The maximum atomic E-state index is 12.1. The standard InChI is InChI=1S/C14H18ClNO3S/c15-9-13(8-11-4-2-1-3-5-11)16-14(17)12-6-7-20(18,19)10-12/h1-5,12-13H,6-10H2,(H,16,17). The zero-order chi connectivity index (χ0) is 14.6. The molecule has 1 aliphatic rings. The van der Waals surface area contributed by atoms with Crippen molar-refractivity contribution in [2.45, 2.75) is 18.9 Å². The molecule has 20 heavy (non-hydrogen) atoms. The van der Waals surface area contributed by atoms with Crippen LogP contribution in [0.3, 0.4) is 0 Å². The molecule has 1 saturated heterocycles. The third-order valence-corrected chi connectivity index (χ3v) is 5.60. The number of hydrogen-bond acceptors (Lipinski definition) is 3. The van der Waals surface area contributed by atoms with E-state index in [2.05, 4.69) is 5.32 Å². The van der Waals surface area contributed by atoms with Crippen LogP contribution in [-0.4, -0.2) is 37.8 Å². The van der Waals surface area contributed by atoms with Gasteiger partial charge in [-0.1, -0.05) is 30.3 Å². The van der Waals surface area contributed by atoms with Crippen molar-refractivity contribution >= 4 is 27.3 Å². The van der Waals surface area contributed by atoms with Gasteiger partial charge >= 0.3 is 0 Å². The van der Waals surface area contributed by atoms with Gasteiger partial charge in [0.1, 0.15) is 0 Å². The van der Waals surface area contributed by atoms with Crippen LogP contribution < -0.4 is 5.32 Å². The van der Waals surface area contributed by atoms with Crippen LogP contribution in [0.15, 0.2) is 30.3 Å². The molecule has 0 radical (unpaired) electrons. The second-order valence-corrected chi connectivity index (χ2v) is 7.69. The Kier molecular flexibility index (Phi) is 5.05. The topological polar surface area (TPSA) is 63.2 Å². The molecule has 110 valence electrons. The molecule has 0 saturated carbocycles. The Balaban J connectivity index is 1.92. The molecule has 4 nitrogen and oxygen atoms in total. The molecular weight excluding hydrogens is 298 g/mol. The molecule has 2 unspecified atom stereocenters. The minimum atomic E-state index is -3.04. The Morgan fingerprint density at radius 2 is 2.05 bits per heavy atom. The maximum Gasteiger partial charge on any atom is 0.224 e. The minimum absolute atomic E-state index is 0.0425. The van der Waals surface area contributed by atoms with Crippen LogP contribution >= 0.6 is 11.6 Å². The number of amides is 1. The number of hydrogen-bond donors (Lipinski definition) is 1. The van der Waals surface area contributed by atoms with Gasteiger partial charge in [0.2, 0.25) is 5.91 Å². The highest BCUT2D eigenvalue weighted by molar-refractivity contribution is 7.91. The third kappa shape index (κ3) is 4.21. The van der Waals surface area contributed by atoms with Crippen molar-refractivity contribution < 1.29 is 13.2 Å². The summed E-state index contributed by atoms with van der Waals surface area (Å²) in [5.74, 6) is -0.261. The first-order valence-electron chi connectivity index (χ1n) is 6.61. The van der Waals surface area contributed by atoms with E-state index in [1.165, 1.54) is 0 Å². The number of halogens is 1. The number of benzene rings is 1. The molecule has 2 rings (SSSR count). The van der Waals surface area contributed by atoms with E-state index in [0.717, 1.165) is 5.56 Å². The van der Waals surface area contributed by atoms with Gasteiger partial charge < -0.3 is 5.32 Å². The first kappa shape index (κ1) is 15.3. The number of nitrogens with one attached hydrogen (secondary N) is 1. The average Bonchev–Trinajstić information content (AvgIpc) is 2.79. The van der Waals surface area contributed by atoms with Crippen molar-refractivity contribution in [2.24, 2.45) is 5.92 Å². The van der Waals surface area contributed by atoms with Gasteiger partial charge in [0, 0.05) is 11.9 Å². The van der Waals surface area contributed by atoms with E-state index in [1.54, 1.807) is 0 Å². The smallest absolute Gasteiger partial charge is 0.224 e. The Labute approximate surface area is 124 Å². The van der Waals surface area contributed by atoms with E-state index < -0.39 is 15.8 Å². The third-order valence-electron chi connectivity index (χ3n) is 3.46. The van der Waals surface area contributed by atoms with E-state index in [9.17, 15) is 13.2 Å². The molecule has 0 bridgehead atoms. The Morgan fingerprint density at radius 3 is 2.60 bits per heavy atom. The summed E-state index contributed by atoms with van der Waals surface area (Å²) in [4.78, 5) is 12.1. The fourth-order valence-electron chi connectivity index (χ4n) is 2.36. The summed E-state index contributed by atoms with van der Waals surface area (Å²) in [6.07, 6.45) is 1.06. The van der Waals surface area contributed by atoms with Gasteiger partial charge in [-0.05, 0) is 18.4 Å². The summed E-state index contributed by atoms with van der Waals surface area (Å²) >= 11 is 5.89. The van der Waals surface area contributed by atoms with Crippen LogP contribution in [0.1, 0.15) is 12.0 Å². The fraction of sp³-hybridized carbons (Fsp3) is 0.500. The lowest BCUT2D eigenvalue weighted by Gasteiger charge is -2.18. The van der Waals surface area contributed by atoms with Gasteiger partial charge in [0.25, 0.3) is 0 Å². The molecule has 1 N–H and O–H groups in total. The molecule has 1 amide bonds. The zero-order valence-corrected chi connectivity index (χ0v) is 12.7. The van der Waals surface area contributed by atoms with Crippen molar-refractivity contribution in [1.29, 1.82) is 0 Å². The molecule has 0 aliphatic carbocycles. The summed E-state index contributed by atoms with van der Waals surface area (Å²) in [5, 5.41) is 2.86. The molecule has 6 heteroatoms. The fourth-order valence-corrected chi connectivity index (χ4v) is 4.29. The molecule has 0 aromatic heterocycles. The Hall–Kier alpha value is -1.07. The lowest BCUT2D eigenvalue weighted by Crippen LogP contribution is -2.41. The summed E-state index contributed by atoms with van der Waals surface area (Å²) in [6, 6.07) is 9.59. The van der Waals surface area contributed by atoms with E-state index in [4.69, 9.17) is 11.6 Å². The predicted molar refractivity (Wildman–Crippen MR) is 79.6 cm³/mol. The van der Waals surface area contributed by atoms with E-state index in [0.29, 0.717) is 18.7 Å². The lowest BCUT2D eigenvalue weighted by molar-refractivity contribution is -0.124. The molecule has 1 heterocycles. The number of rotatable bonds is 5. The van der Waals surface area contributed by atoms with Crippen LogP contribution in [0.2, 0.25) is 0 Å². The van der Waals surface area contributed by atoms with Gasteiger partial charge in [0.15, 0.2) is 9.84 Å². The van der Waals surface area contributed by atoms with Gasteiger partial charge in [-0.15, -0.1) is 11.6 Å². The molecule has 1 fully saturated rings. The molecule has 1 aromatic carbocycles. The largest absolute Gasteiger partial charge is 0.352 e. The van der Waals surface area contributed by atoms with Gasteiger partial charge in [0.05, 0.1) is 17.4 Å². The van der Waals surface area contributed by atoms with Crippen LogP contribution in [0, 0.1) is 5.92 Å². The molecule has 1 aliphatic heterocycles. The van der Waals surface area contributed by atoms with Gasteiger partial charge in [-0.25, -0.2) is 8.42 Å². The van der Waals surface area contributed by atoms with Crippen LogP contribution in [0.4, 0.5) is 0 Å². The minimum Gasteiger partial charge on any atom is -0.352 e. The van der Waals surface area contributed by atoms with Crippen molar-refractivity contribution in [1.82, 2.24) is 5.32 Å². The molecule has 0 spiro atoms. The summed E-state index contributed by atoms with van der Waals surface area (Å²) in [5.41, 5.74) is 1.09. The molecule has 1 aromatic rings. The SMILES string of the molecule is O=C(NC(CCl)Cc1ccccc1)C1CCS(=O)(=O)C1. The van der Waals surface area contributed by atoms with Crippen molar-refractivity contribution in [3.63, 3.8) is 0 Å². The summed E-state index contributed by atoms with van der Waals surface area (Å²) < 4.78 is 22.8. The summed E-state index contributed by atoms with van der Waals surface area (Å²) in [7, 11) is -3.04. The predicted octanol–water partition coefficient (Wildman–Crippen LogP) is 1.39. The van der Waals surface area contributed by atoms with Crippen LogP contribution in [0.5, 0.6) is 0 Å². The highest BCUT2D eigenvalue weighted by atomic mass is 35.5. The normalized spacial score (nSPS) is 22.4. The maximum absolute atomic E-state index is 12.1. The van der Waals surface area contributed by atoms with Crippen molar-refractivity contribution in [3.05, 3.63) is 35.9 Å². The van der Waals surface area contributed by atoms with Crippen molar-refractivity contribution in [3.8, 4) is 0 Å². The number of sulfone groups is 1. The van der Waals surface area contributed by atoms with Gasteiger partial charge in [-0.3, -0.25) is 4.79 Å². The monoisotopic (exact) mass is 315 g/mol. The first-order chi connectivity index (χ1) is 9.50. The quantitative estimate of drug-likeness (QED) is 0.835. The van der Waals surface area contributed by atoms with E-state index >= 15 is 0 Å². The second kappa shape index (κ2) is 6.59. The average molecular weight is 316 g/mol. The van der Waals surface area contributed by atoms with E-state index in [1.807, 2.05) is 30.3 Å². The zero-order valence-electron chi connectivity index (χ0n) is 11.1. The highest BCUT2D eigenvalue weighted by Gasteiger charge is 2.33. The van der Waals surface area contributed by atoms with Crippen molar-refractivity contribution in [2.75, 3.05) is 17.4 Å². The second-order valence-electron chi connectivity index (χ2n) is 5.15. The number of carbonyl (C=O) groups excluding carboxylic acids is 1. The molecule has 2 atom stereocenters. The highest BCUT2D eigenvalue weighted by Crippen LogP contribution is 2.19. The Bertz CT molecular complexity index is 559. The number of carbonyl (C=O) groups is 1. The van der Waals surface area contributed by atoms with Crippen LogP contribution in [0.25, 0.3) is 0 Å². The van der Waals surface area contributed by atoms with E-state index in [-0.39, 0.29) is 23.5 Å². The lowest BCUT2D eigenvalue weighted by atomic mass is 10.0. The molecular formula is C14H18ClNO3S. The van der Waals surface area contributed by atoms with Crippen LogP contribution in [-0.2, 0) is 21.1 Å². The Morgan fingerprint density at radius 1 is 1.35 bits per heavy atom. The summed E-state index contributed by atoms with van der Waals surface area (Å²) in [6.45, 7) is 0. The van der Waals surface area contributed by atoms with Gasteiger partial charge in [-0.2, -0.15) is 0 Å².